The molecule has 1 unspecified atom stereocenters. The molecule has 0 amide bonds. The molecule has 0 N–H and O–H groups in total. The molecule has 1 saturated heterocycles. The number of methoxy groups -OCH3 is 1. The Kier molecular flexibility index (Phi) is 4.19. The van der Waals surface area contributed by atoms with E-state index in [-0.39, 0.29) is 5.97 Å². The maximum atomic E-state index is 11.4. The standard InChI is InChI=1S/C12H19N3O2S/c1-9-7-14(2)5-4-6-15(9)12-13-10(8-18-12)11(16)17-3/h8-9H,4-7H2,1-3H3. The number of aromatic nitrogens is 1. The molecule has 0 radical (unpaired) electrons. The molecule has 100 valence electrons. The van der Waals surface area contributed by atoms with Crippen molar-refractivity contribution in [2.45, 2.75) is 19.4 Å². The Morgan fingerprint density at radius 3 is 3.06 bits per heavy atom. The van der Waals surface area contributed by atoms with E-state index >= 15 is 0 Å². The van der Waals surface area contributed by atoms with Crippen LogP contribution in [0.1, 0.15) is 23.8 Å². The molecule has 1 fully saturated rings. The lowest BCUT2D eigenvalue weighted by atomic mass is 10.3. The maximum absolute atomic E-state index is 11.4. The molecule has 5 nitrogen and oxygen atoms in total. The van der Waals surface area contributed by atoms with Crippen LogP contribution in [-0.2, 0) is 4.74 Å². The fourth-order valence-electron chi connectivity index (χ4n) is 2.25. The number of hydrogen-bond donors (Lipinski definition) is 0. The molecular formula is C12H19N3O2S. The number of thiazole rings is 1. The Morgan fingerprint density at radius 2 is 2.33 bits per heavy atom. The molecule has 1 atom stereocenters. The Morgan fingerprint density at radius 1 is 1.56 bits per heavy atom. The molecular weight excluding hydrogens is 250 g/mol. The summed E-state index contributed by atoms with van der Waals surface area (Å²) in [6, 6.07) is 0.411. The summed E-state index contributed by atoms with van der Waals surface area (Å²) in [6.45, 7) is 5.31. The topological polar surface area (TPSA) is 45.7 Å². The molecule has 2 rings (SSSR count). The van der Waals surface area contributed by atoms with Gasteiger partial charge in [-0.1, -0.05) is 0 Å². The first-order valence-corrected chi connectivity index (χ1v) is 6.99. The van der Waals surface area contributed by atoms with Crippen LogP contribution in [0.25, 0.3) is 0 Å². The van der Waals surface area contributed by atoms with Crippen LogP contribution in [0.5, 0.6) is 0 Å². The van der Waals surface area contributed by atoms with Crippen molar-refractivity contribution in [2.24, 2.45) is 0 Å². The second-order valence-corrected chi connectivity index (χ2v) is 5.50. The predicted octanol–water partition coefficient (Wildman–Crippen LogP) is 1.46. The third kappa shape index (κ3) is 2.81. The Balaban J connectivity index is 2.14. The summed E-state index contributed by atoms with van der Waals surface area (Å²) >= 11 is 1.51. The summed E-state index contributed by atoms with van der Waals surface area (Å²) in [5, 5.41) is 2.68. The number of carbonyl (C=O) groups excluding carboxylic acids is 1. The molecule has 18 heavy (non-hydrogen) atoms. The molecule has 0 saturated carbocycles. The van der Waals surface area contributed by atoms with Crippen molar-refractivity contribution in [1.82, 2.24) is 9.88 Å². The van der Waals surface area contributed by atoms with Gasteiger partial charge in [0.2, 0.25) is 0 Å². The van der Waals surface area contributed by atoms with E-state index in [1.54, 1.807) is 5.38 Å². The van der Waals surface area contributed by atoms with Gasteiger partial charge in [-0.15, -0.1) is 11.3 Å². The smallest absolute Gasteiger partial charge is 0.357 e. The van der Waals surface area contributed by atoms with Crippen molar-refractivity contribution in [3.8, 4) is 0 Å². The monoisotopic (exact) mass is 269 g/mol. The van der Waals surface area contributed by atoms with Gasteiger partial charge in [0.05, 0.1) is 7.11 Å². The number of hydrogen-bond acceptors (Lipinski definition) is 6. The lowest BCUT2D eigenvalue weighted by Crippen LogP contribution is -2.37. The quantitative estimate of drug-likeness (QED) is 0.761. The lowest BCUT2D eigenvalue weighted by molar-refractivity contribution is 0.0595. The van der Waals surface area contributed by atoms with Gasteiger partial charge >= 0.3 is 5.97 Å². The van der Waals surface area contributed by atoms with Gasteiger partial charge in [-0.05, 0) is 26.9 Å². The van der Waals surface area contributed by atoms with Crippen LogP contribution in [0, 0.1) is 0 Å². The van der Waals surface area contributed by atoms with E-state index in [4.69, 9.17) is 0 Å². The Bertz CT molecular complexity index is 421. The average molecular weight is 269 g/mol. The maximum Gasteiger partial charge on any atom is 0.357 e. The van der Waals surface area contributed by atoms with Crippen LogP contribution >= 0.6 is 11.3 Å². The van der Waals surface area contributed by atoms with Crippen molar-refractivity contribution in [3.63, 3.8) is 0 Å². The van der Waals surface area contributed by atoms with Crippen LogP contribution in [-0.4, -0.2) is 55.7 Å². The van der Waals surface area contributed by atoms with Crippen molar-refractivity contribution in [3.05, 3.63) is 11.1 Å². The highest BCUT2D eigenvalue weighted by Gasteiger charge is 2.23. The molecule has 1 aromatic rings. The zero-order valence-electron chi connectivity index (χ0n) is 11.0. The summed E-state index contributed by atoms with van der Waals surface area (Å²) in [5.41, 5.74) is 0.405. The second-order valence-electron chi connectivity index (χ2n) is 4.67. The summed E-state index contributed by atoms with van der Waals surface area (Å²) in [5.74, 6) is -0.364. The van der Waals surface area contributed by atoms with E-state index in [9.17, 15) is 4.79 Å². The molecule has 0 spiro atoms. The first kappa shape index (κ1) is 13.3. The van der Waals surface area contributed by atoms with E-state index in [1.807, 2.05) is 0 Å². The largest absolute Gasteiger partial charge is 0.464 e. The number of ether oxygens (including phenoxy) is 1. The highest BCUT2D eigenvalue weighted by atomic mass is 32.1. The summed E-state index contributed by atoms with van der Waals surface area (Å²) in [7, 11) is 3.52. The highest BCUT2D eigenvalue weighted by Crippen LogP contribution is 2.24. The molecule has 0 aromatic carbocycles. The van der Waals surface area contributed by atoms with Crippen LogP contribution < -0.4 is 4.90 Å². The van der Waals surface area contributed by atoms with Crippen LogP contribution in [0.15, 0.2) is 5.38 Å². The first-order chi connectivity index (χ1) is 8.61. The van der Waals surface area contributed by atoms with Crippen LogP contribution in [0.3, 0.4) is 0 Å². The molecule has 6 heteroatoms. The summed E-state index contributed by atoms with van der Waals surface area (Å²) < 4.78 is 4.68. The van der Waals surface area contributed by atoms with Crippen molar-refractivity contribution in [2.75, 3.05) is 38.7 Å². The van der Waals surface area contributed by atoms with Gasteiger partial charge in [-0.2, -0.15) is 0 Å². The average Bonchev–Trinajstić information content (AvgIpc) is 2.76. The number of esters is 1. The summed E-state index contributed by atoms with van der Waals surface area (Å²) in [6.07, 6.45) is 1.12. The fraction of sp³-hybridized carbons (Fsp3) is 0.667. The number of carbonyl (C=O) groups is 1. The second kappa shape index (κ2) is 5.67. The van der Waals surface area contributed by atoms with Gasteiger partial charge < -0.3 is 14.5 Å². The summed E-state index contributed by atoms with van der Waals surface area (Å²) in [4.78, 5) is 20.4. The van der Waals surface area contributed by atoms with Crippen molar-refractivity contribution in [1.29, 1.82) is 0 Å². The molecule has 1 aliphatic rings. The minimum atomic E-state index is -0.364. The van der Waals surface area contributed by atoms with Crippen molar-refractivity contribution < 1.29 is 9.53 Å². The molecule has 0 bridgehead atoms. The van der Waals surface area contributed by atoms with Crippen molar-refractivity contribution >= 4 is 22.4 Å². The van der Waals surface area contributed by atoms with Crippen LogP contribution in [0.2, 0.25) is 0 Å². The first-order valence-electron chi connectivity index (χ1n) is 6.11. The van der Waals surface area contributed by atoms with Gasteiger partial charge in [0.15, 0.2) is 10.8 Å². The molecule has 0 aliphatic carbocycles. The number of anilines is 1. The van der Waals surface area contributed by atoms with Gasteiger partial charge in [-0.3, -0.25) is 0 Å². The molecule has 1 aliphatic heterocycles. The van der Waals surface area contributed by atoms with E-state index < -0.39 is 0 Å². The minimum Gasteiger partial charge on any atom is -0.464 e. The highest BCUT2D eigenvalue weighted by molar-refractivity contribution is 7.13. The molecule has 2 heterocycles. The van der Waals surface area contributed by atoms with Crippen LogP contribution in [0.4, 0.5) is 5.13 Å². The van der Waals surface area contributed by atoms with Gasteiger partial charge in [0.25, 0.3) is 0 Å². The fourth-order valence-corrected chi connectivity index (χ4v) is 3.17. The van der Waals surface area contributed by atoms with Gasteiger partial charge in [-0.25, -0.2) is 9.78 Å². The predicted molar refractivity (Wildman–Crippen MR) is 72.4 cm³/mol. The van der Waals surface area contributed by atoms with E-state index in [2.05, 4.69) is 33.5 Å². The molecule has 1 aromatic heterocycles. The van der Waals surface area contributed by atoms with Gasteiger partial charge in [0.1, 0.15) is 0 Å². The van der Waals surface area contributed by atoms with Gasteiger partial charge in [0, 0.05) is 24.5 Å². The Hall–Kier alpha value is -1.14. The minimum absolute atomic E-state index is 0.364. The number of rotatable bonds is 2. The number of likely N-dealkylation sites (N-methyl/N-ethyl adjacent to an activating group) is 1. The third-order valence-electron chi connectivity index (χ3n) is 3.18. The number of nitrogens with zero attached hydrogens (tertiary/aromatic N) is 3. The third-order valence-corrected chi connectivity index (χ3v) is 4.06. The zero-order valence-corrected chi connectivity index (χ0v) is 11.9. The zero-order chi connectivity index (χ0) is 13.1. The normalized spacial score (nSPS) is 21.7. The van der Waals surface area contributed by atoms with E-state index in [1.165, 1.54) is 18.4 Å². The SMILES string of the molecule is COC(=O)c1csc(N2CCCN(C)CC2C)n1. The lowest BCUT2D eigenvalue weighted by Gasteiger charge is -2.27. The Labute approximate surface area is 111 Å². The van der Waals surface area contributed by atoms with E-state index in [0.29, 0.717) is 11.7 Å². The van der Waals surface area contributed by atoms with E-state index in [0.717, 1.165) is 31.2 Å².